The van der Waals surface area contributed by atoms with E-state index in [9.17, 15) is 19.5 Å². The van der Waals surface area contributed by atoms with Crippen molar-refractivity contribution >= 4 is 41.7 Å². The highest BCUT2D eigenvalue weighted by atomic mass is 32.2. The number of carboxylic acid groups (broad SMARTS) is 1. The molecule has 0 saturated heterocycles. The maximum atomic E-state index is 14.4. The van der Waals surface area contributed by atoms with Crippen molar-refractivity contribution in [3.8, 4) is 11.5 Å². The molecular formula is C44H62N2O8S2. The summed E-state index contributed by atoms with van der Waals surface area (Å²) in [5.74, 6) is 1.95. The number of carbonyl (C=O) groups is 3. The van der Waals surface area contributed by atoms with Crippen LogP contribution >= 0.6 is 23.5 Å². The van der Waals surface area contributed by atoms with Crippen LogP contribution in [0.5, 0.6) is 11.5 Å². The van der Waals surface area contributed by atoms with Crippen LogP contribution in [0.4, 0.5) is 9.59 Å². The Labute approximate surface area is 343 Å². The summed E-state index contributed by atoms with van der Waals surface area (Å²) in [7, 11) is 3.28. The first-order valence-electron chi connectivity index (χ1n) is 18.8. The fourth-order valence-corrected chi connectivity index (χ4v) is 7.72. The van der Waals surface area contributed by atoms with Crippen molar-refractivity contribution in [1.82, 2.24) is 9.80 Å². The Bertz CT molecular complexity index is 1710. The molecule has 308 valence electrons. The molecule has 0 fully saturated rings. The zero-order valence-corrected chi connectivity index (χ0v) is 36.9. The Morgan fingerprint density at radius 2 is 1.02 bits per heavy atom. The second-order valence-electron chi connectivity index (χ2n) is 17.1. The third kappa shape index (κ3) is 16.2. The molecule has 0 heterocycles. The van der Waals surface area contributed by atoms with Crippen LogP contribution in [0, 0.1) is 0 Å². The number of carboxylic acids is 1. The number of carbonyl (C=O) groups excluding carboxylic acids is 2. The number of rotatable bonds is 18. The average molecular weight is 811 g/mol. The first kappa shape index (κ1) is 46.4. The first-order valence-corrected chi connectivity index (χ1v) is 20.8. The van der Waals surface area contributed by atoms with Gasteiger partial charge < -0.3 is 33.9 Å². The second kappa shape index (κ2) is 19.9. The summed E-state index contributed by atoms with van der Waals surface area (Å²) in [5, 5.41) is 9.59. The molecule has 0 saturated carbocycles. The number of ether oxygens (including phenoxy) is 4. The molecule has 1 unspecified atom stereocenters. The summed E-state index contributed by atoms with van der Waals surface area (Å²) in [5.41, 5.74) is 1.68. The zero-order valence-electron chi connectivity index (χ0n) is 35.3. The molecule has 0 aliphatic heterocycles. The average Bonchev–Trinajstić information content (AvgIpc) is 3.10. The minimum absolute atomic E-state index is 0.139. The zero-order chi connectivity index (χ0) is 41.9. The molecule has 0 aliphatic carbocycles. The van der Waals surface area contributed by atoms with E-state index in [-0.39, 0.29) is 12.1 Å². The number of methoxy groups -OCH3 is 2. The lowest BCUT2D eigenvalue weighted by atomic mass is 10.0. The lowest BCUT2D eigenvalue weighted by Gasteiger charge is -2.41. The Balaban J connectivity index is 2.05. The van der Waals surface area contributed by atoms with Crippen molar-refractivity contribution in [3.63, 3.8) is 0 Å². The number of benzene rings is 3. The summed E-state index contributed by atoms with van der Waals surface area (Å²) < 4.78 is 21.9. The maximum absolute atomic E-state index is 14.4. The molecule has 0 aliphatic rings. The van der Waals surface area contributed by atoms with Crippen LogP contribution in [0.25, 0.3) is 0 Å². The van der Waals surface area contributed by atoms with Crippen molar-refractivity contribution in [3.05, 3.63) is 95.1 Å². The molecule has 0 aromatic heterocycles. The molecule has 1 N–H and O–H groups in total. The lowest BCUT2D eigenvalue weighted by Crippen LogP contribution is -2.55. The van der Waals surface area contributed by atoms with E-state index in [0.29, 0.717) is 31.0 Å². The molecule has 12 heteroatoms. The van der Waals surface area contributed by atoms with E-state index in [1.165, 1.54) is 0 Å². The van der Waals surface area contributed by atoms with E-state index in [1.807, 2.05) is 90.1 Å². The molecule has 0 radical (unpaired) electrons. The predicted octanol–water partition coefficient (Wildman–Crippen LogP) is 10.2. The summed E-state index contributed by atoms with van der Waals surface area (Å²) in [4.78, 5) is 43.7. The molecular weight excluding hydrogens is 749 g/mol. The van der Waals surface area contributed by atoms with Gasteiger partial charge in [0.1, 0.15) is 22.7 Å². The van der Waals surface area contributed by atoms with Crippen LogP contribution in [-0.4, -0.2) is 93.7 Å². The summed E-state index contributed by atoms with van der Waals surface area (Å²) in [6, 6.07) is 21.9. The normalized spacial score (nSPS) is 12.7. The molecule has 3 aromatic carbocycles. The summed E-state index contributed by atoms with van der Waals surface area (Å²) >= 11 is 3.44. The van der Waals surface area contributed by atoms with Gasteiger partial charge in [0, 0.05) is 40.6 Å². The van der Waals surface area contributed by atoms with Gasteiger partial charge in [0.05, 0.1) is 25.8 Å². The lowest BCUT2D eigenvalue weighted by molar-refractivity contribution is 0.000736. The number of nitrogens with zero attached hydrogens (tertiary/aromatic N) is 2. The smallest absolute Gasteiger partial charge is 0.410 e. The van der Waals surface area contributed by atoms with Crippen molar-refractivity contribution in [2.75, 3.05) is 33.9 Å². The molecule has 1 atom stereocenters. The summed E-state index contributed by atoms with van der Waals surface area (Å²) in [6.07, 6.45) is -0.656. The van der Waals surface area contributed by atoms with Crippen LogP contribution in [0.3, 0.4) is 0 Å². The highest BCUT2D eigenvalue weighted by Crippen LogP contribution is 2.34. The Morgan fingerprint density at radius 3 is 1.43 bits per heavy atom. The van der Waals surface area contributed by atoms with Crippen molar-refractivity contribution in [1.29, 1.82) is 0 Å². The van der Waals surface area contributed by atoms with E-state index in [1.54, 1.807) is 71.8 Å². The van der Waals surface area contributed by atoms with Crippen LogP contribution in [0.15, 0.2) is 72.8 Å². The molecule has 10 nitrogen and oxygen atoms in total. The predicted molar refractivity (Wildman–Crippen MR) is 228 cm³/mol. The Kier molecular flexibility index (Phi) is 16.5. The minimum atomic E-state index is -1.02. The van der Waals surface area contributed by atoms with Gasteiger partial charge in [0.25, 0.3) is 0 Å². The number of thioether (sulfide) groups is 2. The van der Waals surface area contributed by atoms with Gasteiger partial charge >= 0.3 is 18.2 Å². The van der Waals surface area contributed by atoms with Gasteiger partial charge in [-0.3, -0.25) is 0 Å². The third-order valence-electron chi connectivity index (χ3n) is 8.52. The van der Waals surface area contributed by atoms with Gasteiger partial charge in [0.15, 0.2) is 0 Å². The summed E-state index contributed by atoms with van der Waals surface area (Å²) in [6.45, 7) is 20.2. The van der Waals surface area contributed by atoms with Crippen LogP contribution < -0.4 is 9.47 Å². The van der Waals surface area contributed by atoms with Gasteiger partial charge in [0.2, 0.25) is 0 Å². The largest absolute Gasteiger partial charge is 0.497 e. The Morgan fingerprint density at radius 1 is 0.607 bits per heavy atom. The molecule has 56 heavy (non-hydrogen) atoms. The van der Waals surface area contributed by atoms with E-state index in [0.717, 1.165) is 28.2 Å². The number of aromatic carboxylic acids is 1. The van der Waals surface area contributed by atoms with Gasteiger partial charge in [-0.2, -0.15) is 0 Å². The third-order valence-corrected chi connectivity index (χ3v) is 11.3. The molecule has 3 aromatic rings. The van der Waals surface area contributed by atoms with Crippen molar-refractivity contribution in [2.45, 2.75) is 114 Å². The number of hydrogen-bond acceptors (Lipinski definition) is 9. The van der Waals surface area contributed by atoms with Gasteiger partial charge in [-0.05, 0) is 129 Å². The molecule has 3 rings (SSSR count). The molecule has 0 bridgehead atoms. The quantitative estimate of drug-likeness (QED) is 0.133. The van der Waals surface area contributed by atoms with Crippen LogP contribution in [0.1, 0.15) is 96.3 Å². The number of hydrogen-bond donors (Lipinski definition) is 1. The fourth-order valence-electron chi connectivity index (χ4n) is 5.74. The number of amides is 2. The van der Waals surface area contributed by atoms with Gasteiger partial charge in [-0.15, -0.1) is 23.5 Å². The molecule has 2 amide bonds. The SMILES string of the molecule is COc1ccc(CSC(C)(C)CN(CC(Cc2ccc(C(=O)O)cc2)N(CC(C)(C)SCc2ccc(OC)cc2)C(=O)OC(C)(C)C)C(=O)OC(C)(C)C)cc1. The fraction of sp³-hybridized carbons (Fsp3) is 0.523. The van der Waals surface area contributed by atoms with E-state index >= 15 is 0 Å². The highest BCUT2D eigenvalue weighted by Gasteiger charge is 2.38. The van der Waals surface area contributed by atoms with Crippen LogP contribution in [0.2, 0.25) is 0 Å². The maximum Gasteiger partial charge on any atom is 0.410 e. The van der Waals surface area contributed by atoms with Crippen molar-refractivity contribution < 1.29 is 38.4 Å². The monoisotopic (exact) mass is 810 g/mol. The first-order chi connectivity index (χ1) is 26.0. The van der Waals surface area contributed by atoms with Gasteiger partial charge in [-0.1, -0.05) is 36.4 Å². The Hall–Kier alpha value is -4.03. The molecule has 0 spiro atoms. The van der Waals surface area contributed by atoms with E-state index in [4.69, 9.17) is 18.9 Å². The topological polar surface area (TPSA) is 115 Å². The van der Waals surface area contributed by atoms with E-state index < -0.39 is 44.9 Å². The van der Waals surface area contributed by atoms with E-state index in [2.05, 4.69) is 27.7 Å². The highest BCUT2D eigenvalue weighted by molar-refractivity contribution is 8.00. The van der Waals surface area contributed by atoms with Crippen LogP contribution in [-0.2, 0) is 27.4 Å². The van der Waals surface area contributed by atoms with Gasteiger partial charge in [-0.25, -0.2) is 14.4 Å². The standard InChI is InChI=1S/C44H62N2O8S2/c1-41(2,3)53-39(49)45(29-43(7,8)55-27-32-15-21-36(51-11)22-16-32)26-35(25-31-13-19-34(20-14-31)38(47)48)46(40(50)54-42(4,5)6)30-44(9,10)56-28-33-17-23-37(52-12)24-18-33/h13-24,35H,25-30H2,1-12H3,(H,47,48). The minimum Gasteiger partial charge on any atom is -0.497 e. The second-order valence-corrected chi connectivity index (χ2v) is 20.5. The van der Waals surface area contributed by atoms with Crippen molar-refractivity contribution in [2.24, 2.45) is 0 Å².